The van der Waals surface area contributed by atoms with Crippen molar-refractivity contribution in [2.75, 3.05) is 17.3 Å². The Bertz CT molecular complexity index is 1310. The van der Waals surface area contributed by atoms with Gasteiger partial charge in [0.25, 0.3) is 5.91 Å². The summed E-state index contributed by atoms with van der Waals surface area (Å²) in [5.74, 6) is -1.53. The van der Waals surface area contributed by atoms with E-state index < -0.39 is 11.2 Å². The maximum absolute atomic E-state index is 12.9. The Labute approximate surface area is 215 Å². The van der Waals surface area contributed by atoms with Gasteiger partial charge in [0.2, 0.25) is 11.8 Å². The van der Waals surface area contributed by atoms with Crippen LogP contribution in [0.4, 0.5) is 11.4 Å². The van der Waals surface area contributed by atoms with Crippen molar-refractivity contribution in [1.29, 1.82) is 0 Å². The summed E-state index contributed by atoms with van der Waals surface area (Å²) in [6, 6.07) is 17.6. The summed E-state index contributed by atoms with van der Waals surface area (Å²) in [6.45, 7) is 0. The van der Waals surface area contributed by atoms with Gasteiger partial charge in [0.1, 0.15) is 0 Å². The Morgan fingerprint density at radius 2 is 1.69 bits per heavy atom. The molecule has 3 aromatic rings. The minimum absolute atomic E-state index is 0.0514. The normalized spacial score (nSPS) is 15.3. The molecule has 35 heavy (non-hydrogen) atoms. The molecule has 1 heterocycles. The van der Waals surface area contributed by atoms with E-state index in [-0.39, 0.29) is 29.2 Å². The summed E-state index contributed by atoms with van der Waals surface area (Å²) in [6.07, 6.45) is 0.0514. The van der Waals surface area contributed by atoms with Gasteiger partial charge < -0.3 is 10.1 Å². The molecule has 1 fully saturated rings. The highest BCUT2D eigenvalue weighted by atomic mass is 35.5. The van der Waals surface area contributed by atoms with Crippen molar-refractivity contribution in [1.82, 2.24) is 0 Å². The first-order valence-electron chi connectivity index (χ1n) is 10.3. The van der Waals surface area contributed by atoms with Crippen molar-refractivity contribution < 1.29 is 23.9 Å². The first kappa shape index (κ1) is 24.8. The number of anilines is 2. The van der Waals surface area contributed by atoms with Crippen molar-refractivity contribution >= 4 is 70.0 Å². The second-order valence-electron chi connectivity index (χ2n) is 7.52. The fourth-order valence-electron chi connectivity index (χ4n) is 3.48. The standard InChI is InChI=1S/C25H18Cl2N2O5S/c1-34-25(33)14-2-7-17(8-3-14)29-22(30)13-21(24(29)32)35-18-9-5-16(6-10-18)28-23(31)19-11-4-15(26)12-20(19)27/h2-12,21H,13H2,1H3,(H,28,31). The fourth-order valence-corrected chi connectivity index (χ4v) is 5.03. The number of nitrogens with one attached hydrogen (secondary N) is 1. The Morgan fingerprint density at radius 1 is 1.00 bits per heavy atom. The van der Waals surface area contributed by atoms with Crippen LogP contribution in [0.1, 0.15) is 27.1 Å². The van der Waals surface area contributed by atoms with E-state index in [0.29, 0.717) is 27.5 Å². The summed E-state index contributed by atoms with van der Waals surface area (Å²) < 4.78 is 4.67. The zero-order chi connectivity index (χ0) is 25.1. The van der Waals surface area contributed by atoms with Crippen LogP contribution in [-0.4, -0.2) is 36.1 Å². The Morgan fingerprint density at radius 3 is 2.31 bits per heavy atom. The molecular formula is C25H18Cl2N2O5S. The second-order valence-corrected chi connectivity index (χ2v) is 9.64. The van der Waals surface area contributed by atoms with Crippen molar-refractivity contribution in [3.05, 3.63) is 87.9 Å². The highest BCUT2D eigenvalue weighted by Crippen LogP contribution is 2.34. The van der Waals surface area contributed by atoms with Gasteiger partial charge in [-0.25, -0.2) is 9.69 Å². The fraction of sp³-hybridized carbons (Fsp3) is 0.120. The number of nitrogens with zero attached hydrogens (tertiary/aromatic N) is 1. The molecule has 3 amide bonds. The van der Waals surface area contributed by atoms with Crippen LogP contribution in [0.15, 0.2) is 71.6 Å². The van der Waals surface area contributed by atoms with Crippen LogP contribution in [0.5, 0.6) is 0 Å². The SMILES string of the molecule is COC(=O)c1ccc(N2C(=O)CC(Sc3ccc(NC(=O)c4ccc(Cl)cc4Cl)cc3)C2=O)cc1. The molecule has 10 heteroatoms. The summed E-state index contributed by atoms with van der Waals surface area (Å²) in [5, 5.41) is 2.86. The molecule has 178 valence electrons. The van der Waals surface area contributed by atoms with Gasteiger partial charge in [0, 0.05) is 22.0 Å². The zero-order valence-electron chi connectivity index (χ0n) is 18.3. The van der Waals surface area contributed by atoms with Gasteiger partial charge in [0.05, 0.1) is 34.2 Å². The molecule has 0 spiro atoms. The lowest BCUT2D eigenvalue weighted by atomic mass is 10.2. The molecule has 1 N–H and O–H groups in total. The molecule has 0 bridgehead atoms. The molecule has 1 unspecified atom stereocenters. The third kappa shape index (κ3) is 5.51. The highest BCUT2D eigenvalue weighted by Gasteiger charge is 2.40. The number of ether oxygens (including phenoxy) is 1. The molecule has 1 aliphatic heterocycles. The molecule has 4 rings (SSSR count). The lowest BCUT2D eigenvalue weighted by Gasteiger charge is -2.15. The number of thioether (sulfide) groups is 1. The van der Waals surface area contributed by atoms with E-state index >= 15 is 0 Å². The quantitative estimate of drug-likeness (QED) is 0.337. The summed E-state index contributed by atoms with van der Waals surface area (Å²) >= 11 is 13.2. The van der Waals surface area contributed by atoms with Crippen molar-refractivity contribution in [3.8, 4) is 0 Å². The van der Waals surface area contributed by atoms with Gasteiger partial charge in [-0.3, -0.25) is 14.4 Å². The highest BCUT2D eigenvalue weighted by molar-refractivity contribution is 8.00. The number of methoxy groups -OCH3 is 1. The van der Waals surface area contributed by atoms with Gasteiger partial charge in [-0.15, -0.1) is 11.8 Å². The summed E-state index contributed by atoms with van der Waals surface area (Å²) in [4.78, 5) is 51.5. The molecular weight excluding hydrogens is 511 g/mol. The Kier molecular flexibility index (Phi) is 7.45. The van der Waals surface area contributed by atoms with Crippen LogP contribution in [0.25, 0.3) is 0 Å². The number of benzene rings is 3. The van der Waals surface area contributed by atoms with Gasteiger partial charge in [-0.2, -0.15) is 0 Å². The average molecular weight is 529 g/mol. The number of amides is 3. The van der Waals surface area contributed by atoms with Crippen LogP contribution in [0.2, 0.25) is 10.0 Å². The first-order chi connectivity index (χ1) is 16.8. The lowest BCUT2D eigenvalue weighted by Crippen LogP contribution is -2.31. The molecule has 0 aromatic heterocycles. The van der Waals surface area contributed by atoms with E-state index in [0.717, 1.165) is 9.80 Å². The van der Waals surface area contributed by atoms with Crippen molar-refractivity contribution in [2.45, 2.75) is 16.6 Å². The predicted octanol–water partition coefficient (Wildman–Crippen LogP) is 5.46. The molecule has 1 atom stereocenters. The molecule has 0 saturated carbocycles. The Balaban J connectivity index is 1.40. The largest absolute Gasteiger partial charge is 0.465 e. The first-order valence-corrected chi connectivity index (χ1v) is 12.0. The predicted molar refractivity (Wildman–Crippen MR) is 135 cm³/mol. The number of carbonyl (C=O) groups is 4. The monoisotopic (exact) mass is 528 g/mol. The number of carbonyl (C=O) groups excluding carboxylic acids is 4. The smallest absolute Gasteiger partial charge is 0.337 e. The number of halogens is 2. The van der Waals surface area contributed by atoms with Crippen LogP contribution in [0, 0.1) is 0 Å². The minimum Gasteiger partial charge on any atom is -0.465 e. The number of hydrogen-bond donors (Lipinski definition) is 1. The van der Waals surface area contributed by atoms with E-state index in [4.69, 9.17) is 23.2 Å². The van der Waals surface area contributed by atoms with E-state index in [9.17, 15) is 19.2 Å². The lowest BCUT2D eigenvalue weighted by molar-refractivity contribution is -0.121. The molecule has 7 nitrogen and oxygen atoms in total. The van der Waals surface area contributed by atoms with Crippen LogP contribution >= 0.6 is 35.0 Å². The van der Waals surface area contributed by atoms with Crippen LogP contribution in [0.3, 0.4) is 0 Å². The summed E-state index contributed by atoms with van der Waals surface area (Å²) in [5.41, 5.74) is 1.57. The Hall–Kier alpha value is -3.33. The van der Waals surface area contributed by atoms with Gasteiger partial charge >= 0.3 is 5.97 Å². The van der Waals surface area contributed by atoms with Crippen LogP contribution < -0.4 is 10.2 Å². The van der Waals surface area contributed by atoms with E-state index in [1.165, 1.54) is 37.1 Å². The maximum Gasteiger partial charge on any atom is 0.337 e. The average Bonchev–Trinajstić information content (AvgIpc) is 3.12. The van der Waals surface area contributed by atoms with Gasteiger partial charge in [0.15, 0.2) is 0 Å². The molecule has 0 aliphatic carbocycles. The van der Waals surface area contributed by atoms with E-state index in [1.807, 2.05) is 0 Å². The number of hydrogen-bond acceptors (Lipinski definition) is 6. The maximum atomic E-state index is 12.9. The number of esters is 1. The van der Waals surface area contributed by atoms with Gasteiger partial charge in [-0.1, -0.05) is 23.2 Å². The van der Waals surface area contributed by atoms with Crippen molar-refractivity contribution in [3.63, 3.8) is 0 Å². The van der Waals surface area contributed by atoms with E-state index in [1.54, 1.807) is 48.5 Å². The third-order valence-electron chi connectivity index (χ3n) is 5.22. The number of rotatable bonds is 6. The van der Waals surface area contributed by atoms with Gasteiger partial charge in [-0.05, 0) is 66.7 Å². The van der Waals surface area contributed by atoms with Crippen LogP contribution in [-0.2, 0) is 14.3 Å². The van der Waals surface area contributed by atoms with Crippen molar-refractivity contribution in [2.24, 2.45) is 0 Å². The summed E-state index contributed by atoms with van der Waals surface area (Å²) in [7, 11) is 1.28. The molecule has 0 radical (unpaired) electrons. The molecule has 3 aromatic carbocycles. The number of imide groups is 1. The third-order valence-corrected chi connectivity index (χ3v) is 6.96. The zero-order valence-corrected chi connectivity index (χ0v) is 20.6. The minimum atomic E-state index is -0.587. The second kappa shape index (κ2) is 10.5. The van der Waals surface area contributed by atoms with E-state index in [2.05, 4.69) is 10.1 Å². The molecule has 1 saturated heterocycles. The topological polar surface area (TPSA) is 92.8 Å². The molecule has 1 aliphatic rings.